The molecule has 0 fully saturated rings. The lowest BCUT2D eigenvalue weighted by Crippen LogP contribution is -2.22. The number of hydrogen-bond acceptors (Lipinski definition) is 3. The number of furan rings is 1. The fraction of sp³-hybridized carbons (Fsp3) is 0.286. The number of nitrogens with zero attached hydrogens (tertiary/aromatic N) is 2. The molecule has 0 radical (unpaired) electrons. The van der Waals surface area contributed by atoms with Gasteiger partial charge in [0.2, 0.25) is 0 Å². The van der Waals surface area contributed by atoms with E-state index in [1.165, 1.54) is 18.2 Å². The van der Waals surface area contributed by atoms with Gasteiger partial charge in [-0.1, -0.05) is 6.08 Å². The molecular weight excluding hydrogens is 318 g/mol. The lowest BCUT2D eigenvalue weighted by molar-refractivity contribution is 0.0927. The predicted molar refractivity (Wildman–Crippen MR) is 72.5 cm³/mol. The Morgan fingerprint density at radius 1 is 1.35 bits per heavy atom. The lowest BCUT2D eigenvalue weighted by Gasteiger charge is -2.04. The Hall–Kier alpha value is -2.58. The van der Waals surface area contributed by atoms with Crippen LogP contribution in [0.3, 0.4) is 0 Å². The molecule has 0 saturated heterocycles. The van der Waals surface area contributed by atoms with Crippen molar-refractivity contribution in [2.24, 2.45) is 0 Å². The summed E-state index contributed by atoms with van der Waals surface area (Å²) in [6, 6.07) is 3.39. The van der Waals surface area contributed by atoms with Crippen LogP contribution in [0.4, 0.5) is 17.6 Å². The van der Waals surface area contributed by atoms with Crippen LogP contribution in [0.2, 0.25) is 0 Å². The Kier molecular flexibility index (Phi) is 5.20. The van der Waals surface area contributed by atoms with Gasteiger partial charge in [0, 0.05) is 6.54 Å². The van der Waals surface area contributed by atoms with Gasteiger partial charge in [0.1, 0.15) is 17.1 Å². The molecule has 124 valence electrons. The smallest absolute Gasteiger partial charge is 0.287 e. The van der Waals surface area contributed by atoms with Crippen LogP contribution in [0.25, 0.3) is 0 Å². The Bertz CT molecular complexity index is 694. The summed E-state index contributed by atoms with van der Waals surface area (Å²) in [4.78, 5) is 11.6. The van der Waals surface area contributed by atoms with Crippen LogP contribution >= 0.6 is 0 Å². The average Bonchev–Trinajstić information content (AvgIpc) is 3.12. The van der Waals surface area contributed by atoms with Crippen LogP contribution < -0.4 is 5.32 Å². The molecule has 2 heterocycles. The van der Waals surface area contributed by atoms with Crippen LogP contribution in [0.5, 0.6) is 0 Å². The van der Waals surface area contributed by atoms with Crippen LogP contribution in [-0.4, -0.2) is 22.2 Å². The van der Waals surface area contributed by atoms with E-state index in [1.807, 2.05) is 0 Å². The third kappa shape index (κ3) is 3.99. The number of alkyl halides is 4. The Morgan fingerprint density at radius 3 is 2.70 bits per heavy atom. The zero-order valence-electron chi connectivity index (χ0n) is 11.8. The van der Waals surface area contributed by atoms with Crippen molar-refractivity contribution in [3.8, 4) is 0 Å². The molecule has 9 heteroatoms. The molecule has 23 heavy (non-hydrogen) atoms. The van der Waals surface area contributed by atoms with Gasteiger partial charge >= 0.3 is 0 Å². The quantitative estimate of drug-likeness (QED) is 0.625. The molecule has 0 bridgehead atoms. The highest BCUT2D eigenvalue weighted by Gasteiger charge is 2.22. The summed E-state index contributed by atoms with van der Waals surface area (Å²) in [5, 5.41) is 5.92. The van der Waals surface area contributed by atoms with Crippen LogP contribution in [0.1, 0.15) is 40.6 Å². The zero-order valence-corrected chi connectivity index (χ0v) is 11.8. The number of halogens is 4. The van der Waals surface area contributed by atoms with E-state index < -0.39 is 30.1 Å². The summed E-state index contributed by atoms with van der Waals surface area (Å²) in [5.74, 6) is -0.389. The van der Waals surface area contributed by atoms with Gasteiger partial charge in [-0.15, -0.1) is 6.58 Å². The van der Waals surface area contributed by atoms with Gasteiger partial charge in [0.05, 0.1) is 6.54 Å². The van der Waals surface area contributed by atoms with Crippen molar-refractivity contribution < 1.29 is 26.8 Å². The third-order valence-electron chi connectivity index (χ3n) is 2.88. The summed E-state index contributed by atoms with van der Waals surface area (Å²) in [6.07, 6.45) is -4.43. The van der Waals surface area contributed by atoms with Gasteiger partial charge in [-0.05, 0) is 18.2 Å². The van der Waals surface area contributed by atoms with Crippen molar-refractivity contribution in [1.29, 1.82) is 0 Å². The summed E-state index contributed by atoms with van der Waals surface area (Å²) in [7, 11) is 0. The summed E-state index contributed by atoms with van der Waals surface area (Å²) in [6.45, 7) is 3.39. The molecule has 2 aromatic rings. The molecule has 0 saturated carbocycles. The number of carbonyl (C=O) groups is 1. The first-order valence-corrected chi connectivity index (χ1v) is 6.54. The second kappa shape index (κ2) is 7.12. The Labute approximate surface area is 128 Å². The van der Waals surface area contributed by atoms with Gasteiger partial charge in [-0.25, -0.2) is 17.6 Å². The highest BCUT2D eigenvalue weighted by molar-refractivity contribution is 5.91. The highest BCUT2D eigenvalue weighted by Crippen LogP contribution is 2.25. The van der Waals surface area contributed by atoms with Gasteiger partial charge < -0.3 is 9.73 Å². The molecular formula is C14H13F4N3O2. The fourth-order valence-electron chi connectivity index (χ4n) is 1.85. The third-order valence-corrected chi connectivity index (χ3v) is 2.88. The van der Waals surface area contributed by atoms with Crippen LogP contribution in [0, 0.1) is 0 Å². The molecule has 0 aromatic carbocycles. The maximum atomic E-state index is 12.9. The second-order valence-corrected chi connectivity index (χ2v) is 4.52. The van der Waals surface area contributed by atoms with E-state index in [1.54, 1.807) is 0 Å². The zero-order chi connectivity index (χ0) is 17.0. The van der Waals surface area contributed by atoms with E-state index in [2.05, 4.69) is 17.0 Å². The maximum absolute atomic E-state index is 12.9. The standard InChI is InChI=1S/C14H13F4N3O2/c1-2-5-19-14(22)11-4-3-8(23-11)7-21-10(13(17)18)6-9(20-21)12(15)16/h2-4,6,12-13H,1,5,7H2,(H,19,22). The van der Waals surface area contributed by atoms with Crippen molar-refractivity contribution in [2.75, 3.05) is 6.54 Å². The van der Waals surface area contributed by atoms with Crippen molar-refractivity contribution in [3.63, 3.8) is 0 Å². The van der Waals surface area contributed by atoms with Crippen molar-refractivity contribution in [2.45, 2.75) is 19.4 Å². The van der Waals surface area contributed by atoms with Crippen molar-refractivity contribution in [3.05, 3.63) is 53.8 Å². The van der Waals surface area contributed by atoms with E-state index in [0.717, 1.165) is 4.68 Å². The second-order valence-electron chi connectivity index (χ2n) is 4.52. The van der Waals surface area contributed by atoms with E-state index in [0.29, 0.717) is 6.07 Å². The first-order valence-electron chi connectivity index (χ1n) is 6.54. The molecule has 5 nitrogen and oxygen atoms in total. The summed E-state index contributed by atoms with van der Waals surface area (Å²) >= 11 is 0. The molecule has 0 aliphatic rings. The minimum atomic E-state index is -2.96. The van der Waals surface area contributed by atoms with Gasteiger partial charge in [0.15, 0.2) is 5.76 Å². The van der Waals surface area contributed by atoms with Crippen LogP contribution in [0.15, 0.2) is 35.3 Å². The maximum Gasteiger partial charge on any atom is 0.287 e. The van der Waals surface area contributed by atoms with Gasteiger partial charge in [-0.2, -0.15) is 5.10 Å². The van der Waals surface area contributed by atoms with E-state index >= 15 is 0 Å². The number of hydrogen-bond donors (Lipinski definition) is 1. The molecule has 0 atom stereocenters. The number of amides is 1. The minimum Gasteiger partial charge on any atom is -0.454 e. The van der Waals surface area contributed by atoms with E-state index in [9.17, 15) is 22.4 Å². The van der Waals surface area contributed by atoms with Crippen molar-refractivity contribution >= 4 is 5.91 Å². The minimum absolute atomic E-state index is 0.0262. The number of rotatable bonds is 7. The Morgan fingerprint density at radius 2 is 2.09 bits per heavy atom. The number of aromatic nitrogens is 2. The van der Waals surface area contributed by atoms with E-state index in [4.69, 9.17) is 4.42 Å². The largest absolute Gasteiger partial charge is 0.454 e. The normalized spacial score (nSPS) is 11.2. The SMILES string of the molecule is C=CCNC(=O)c1ccc(Cn2nc(C(F)F)cc2C(F)F)o1. The molecule has 1 amide bonds. The first-order chi connectivity index (χ1) is 10.9. The number of nitrogens with one attached hydrogen (secondary N) is 1. The molecule has 1 N–H and O–H groups in total. The van der Waals surface area contributed by atoms with Gasteiger partial charge in [0.25, 0.3) is 18.8 Å². The lowest BCUT2D eigenvalue weighted by atomic mass is 10.3. The van der Waals surface area contributed by atoms with Gasteiger partial charge in [-0.3, -0.25) is 9.48 Å². The highest BCUT2D eigenvalue weighted by atomic mass is 19.3. The Balaban J connectivity index is 2.17. The molecule has 0 aliphatic carbocycles. The number of carbonyl (C=O) groups excluding carboxylic acids is 1. The first kappa shape index (κ1) is 16.8. The van der Waals surface area contributed by atoms with Crippen molar-refractivity contribution in [1.82, 2.24) is 15.1 Å². The summed E-state index contributed by atoms with van der Waals surface area (Å²) < 4.78 is 56.9. The molecule has 2 rings (SSSR count). The van der Waals surface area contributed by atoms with Crippen LogP contribution in [-0.2, 0) is 6.54 Å². The molecule has 0 spiro atoms. The monoisotopic (exact) mass is 331 g/mol. The van der Waals surface area contributed by atoms with E-state index in [-0.39, 0.29) is 24.6 Å². The molecule has 2 aromatic heterocycles. The molecule has 0 aliphatic heterocycles. The average molecular weight is 331 g/mol. The molecule has 0 unspecified atom stereocenters. The fourth-order valence-corrected chi connectivity index (χ4v) is 1.85. The topological polar surface area (TPSA) is 60.1 Å². The summed E-state index contributed by atoms with van der Waals surface area (Å²) in [5.41, 5.74) is -1.38. The predicted octanol–water partition coefficient (Wildman–Crippen LogP) is 3.32.